The fourth-order valence-corrected chi connectivity index (χ4v) is 3.42. The Balaban J connectivity index is 1.65. The van der Waals surface area contributed by atoms with E-state index in [1.54, 1.807) is 31.5 Å². The standard InChI is InChI=1S/C21H20Cl2N4O2/c1-29-20-5-3-2-4-19(20)27-10-8-26(9-11-27)14-15(13-24)21(28)25-18-12-16(22)6-7-17(18)23/h2-7,12,14H,8-11H2,1H3,(H,25,28)/b15-14-. The van der Waals surface area contributed by atoms with E-state index in [2.05, 4.69) is 10.2 Å². The normalized spacial score (nSPS) is 14.3. The first-order valence-electron chi connectivity index (χ1n) is 9.02. The average Bonchev–Trinajstić information content (AvgIpc) is 2.75. The van der Waals surface area contributed by atoms with Crippen LogP contribution in [0, 0.1) is 11.3 Å². The van der Waals surface area contributed by atoms with Gasteiger partial charge in [-0.25, -0.2) is 0 Å². The molecule has 150 valence electrons. The number of methoxy groups -OCH3 is 1. The largest absolute Gasteiger partial charge is 0.495 e. The Morgan fingerprint density at radius 1 is 1.17 bits per heavy atom. The van der Waals surface area contributed by atoms with Gasteiger partial charge < -0.3 is 19.9 Å². The second-order valence-electron chi connectivity index (χ2n) is 6.43. The van der Waals surface area contributed by atoms with Crippen LogP contribution < -0.4 is 15.0 Å². The molecule has 2 aromatic carbocycles. The van der Waals surface area contributed by atoms with Crippen LogP contribution in [0.3, 0.4) is 0 Å². The number of carbonyl (C=O) groups is 1. The molecule has 1 N–H and O–H groups in total. The van der Waals surface area contributed by atoms with Gasteiger partial charge in [0.05, 0.1) is 23.5 Å². The number of piperazine rings is 1. The van der Waals surface area contributed by atoms with Crippen molar-refractivity contribution >= 4 is 40.5 Å². The first kappa shape index (κ1) is 20.8. The summed E-state index contributed by atoms with van der Waals surface area (Å²) in [7, 11) is 1.65. The summed E-state index contributed by atoms with van der Waals surface area (Å²) >= 11 is 12.0. The molecule has 0 bridgehead atoms. The minimum absolute atomic E-state index is 0.00628. The topological polar surface area (TPSA) is 68.6 Å². The van der Waals surface area contributed by atoms with Crippen molar-refractivity contribution in [3.8, 4) is 11.8 Å². The molecule has 1 aliphatic heterocycles. The van der Waals surface area contributed by atoms with E-state index in [1.807, 2.05) is 35.2 Å². The van der Waals surface area contributed by atoms with Crippen molar-refractivity contribution in [2.75, 3.05) is 43.5 Å². The molecule has 0 atom stereocenters. The highest BCUT2D eigenvalue weighted by Crippen LogP contribution is 2.29. The molecule has 3 rings (SSSR count). The lowest BCUT2D eigenvalue weighted by Gasteiger charge is -2.36. The summed E-state index contributed by atoms with van der Waals surface area (Å²) in [6.07, 6.45) is 1.59. The van der Waals surface area contributed by atoms with Crippen molar-refractivity contribution in [2.45, 2.75) is 0 Å². The number of anilines is 2. The summed E-state index contributed by atoms with van der Waals surface area (Å²) in [5, 5.41) is 12.9. The van der Waals surface area contributed by atoms with Crippen molar-refractivity contribution in [2.24, 2.45) is 0 Å². The average molecular weight is 431 g/mol. The molecule has 0 aromatic heterocycles. The van der Waals surface area contributed by atoms with E-state index in [0.29, 0.717) is 28.8 Å². The number of nitrogens with zero attached hydrogens (tertiary/aromatic N) is 3. The number of para-hydroxylation sites is 2. The molecule has 1 heterocycles. The molecule has 1 amide bonds. The molecular formula is C21H20Cl2N4O2. The lowest BCUT2D eigenvalue weighted by Crippen LogP contribution is -2.44. The third-order valence-electron chi connectivity index (χ3n) is 4.59. The number of carbonyl (C=O) groups excluding carboxylic acids is 1. The van der Waals surface area contributed by atoms with Gasteiger partial charge in [0, 0.05) is 37.4 Å². The molecule has 29 heavy (non-hydrogen) atoms. The Morgan fingerprint density at radius 3 is 2.59 bits per heavy atom. The van der Waals surface area contributed by atoms with Crippen LogP contribution in [0.4, 0.5) is 11.4 Å². The zero-order chi connectivity index (χ0) is 20.8. The molecule has 0 spiro atoms. The van der Waals surface area contributed by atoms with E-state index in [0.717, 1.165) is 24.5 Å². The highest BCUT2D eigenvalue weighted by atomic mass is 35.5. The van der Waals surface area contributed by atoms with Crippen molar-refractivity contribution in [1.82, 2.24) is 4.90 Å². The molecule has 0 radical (unpaired) electrons. The van der Waals surface area contributed by atoms with Crippen molar-refractivity contribution in [3.63, 3.8) is 0 Å². The van der Waals surface area contributed by atoms with Gasteiger partial charge in [0.15, 0.2) is 0 Å². The molecule has 2 aromatic rings. The van der Waals surface area contributed by atoms with Gasteiger partial charge in [-0.2, -0.15) is 5.26 Å². The quantitative estimate of drug-likeness (QED) is 0.569. The van der Waals surface area contributed by atoms with Crippen LogP contribution >= 0.6 is 23.2 Å². The van der Waals surface area contributed by atoms with Gasteiger partial charge in [0.1, 0.15) is 17.4 Å². The monoisotopic (exact) mass is 430 g/mol. The number of nitriles is 1. The van der Waals surface area contributed by atoms with E-state index in [4.69, 9.17) is 27.9 Å². The summed E-state index contributed by atoms with van der Waals surface area (Å²) in [6, 6.07) is 14.6. The zero-order valence-electron chi connectivity index (χ0n) is 15.9. The lowest BCUT2D eigenvalue weighted by atomic mass is 10.2. The first-order chi connectivity index (χ1) is 14.0. The fourth-order valence-electron chi connectivity index (χ4n) is 3.09. The minimum Gasteiger partial charge on any atom is -0.495 e. The maximum atomic E-state index is 12.5. The van der Waals surface area contributed by atoms with Crippen LogP contribution in [0.5, 0.6) is 5.75 Å². The van der Waals surface area contributed by atoms with Crippen molar-refractivity contribution in [1.29, 1.82) is 5.26 Å². The molecular weight excluding hydrogens is 411 g/mol. The number of hydrogen-bond donors (Lipinski definition) is 1. The van der Waals surface area contributed by atoms with Gasteiger partial charge in [-0.1, -0.05) is 35.3 Å². The van der Waals surface area contributed by atoms with Crippen molar-refractivity contribution < 1.29 is 9.53 Å². The Bertz CT molecular complexity index is 963. The molecule has 0 aliphatic carbocycles. The molecule has 6 nitrogen and oxygen atoms in total. The number of nitrogens with one attached hydrogen (secondary N) is 1. The first-order valence-corrected chi connectivity index (χ1v) is 9.77. The predicted molar refractivity (Wildman–Crippen MR) is 116 cm³/mol. The molecule has 1 fully saturated rings. The number of benzene rings is 2. The maximum absolute atomic E-state index is 12.5. The van der Waals surface area contributed by atoms with Crippen LogP contribution in [0.25, 0.3) is 0 Å². The third-order valence-corrected chi connectivity index (χ3v) is 5.16. The highest BCUT2D eigenvalue weighted by molar-refractivity contribution is 6.35. The van der Waals surface area contributed by atoms with Gasteiger partial charge in [-0.15, -0.1) is 0 Å². The second-order valence-corrected chi connectivity index (χ2v) is 7.27. The minimum atomic E-state index is -0.524. The number of ether oxygens (including phenoxy) is 1. The van der Waals surface area contributed by atoms with E-state index < -0.39 is 5.91 Å². The maximum Gasteiger partial charge on any atom is 0.267 e. The molecule has 8 heteroatoms. The van der Waals surface area contributed by atoms with Gasteiger partial charge in [0.25, 0.3) is 5.91 Å². The smallest absolute Gasteiger partial charge is 0.267 e. The van der Waals surface area contributed by atoms with E-state index in [1.165, 1.54) is 0 Å². The summed E-state index contributed by atoms with van der Waals surface area (Å²) in [6.45, 7) is 2.84. The van der Waals surface area contributed by atoms with Gasteiger partial charge in [0.2, 0.25) is 0 Å². The van der Waals surface area contributed by atoms with Crippen molar-refractivity contribution in [3.05, 3.63) is 64.3 Å². The second kappa shape index (κ2) is 9.55. The molecule has 0 saturated carbocycles. The van der Waals surface area contributed by atoms with E-state index in [-0.39, 0.29) is 5.57 Å². The van der Waals surface area contributed by atoms with Gasteiger partial charge in [-0.3, -0.25) is 4.79 Å². The summed E-state index contributed by atoms with van der Waals surface area (Å²) < 4.78 is 5.43. The van der Waals surface area contributed by atoms with Crippen LogP contribution in [0.2, 0.25) is 10.0 Å². The molecule has 1 saturated heterocycles. The van der Waals surface area contributed by atoms with Crippen LogP contribution in [-0.2, 0) is 4.79 Å². The molecule has 1 aliphatic rings. The number of hydrogen-bond acceptors (Lipinski definition) is 5. The van der Waals surface area contributed by atoms with Crippen LogP contribution in [0.15, 0.2) is 54.2 Å². The van der Waals surface area contributed by atoms with Crippen LogP contribution in [-0.4, -0.2) is 44.1 Å². The fraction of sp³-hybridized carbons (Fsp3) is 0.238. The Kier molecular flexibility index (Phi) is 6.86. The Morgan fingerprint density at radius 2 is 1.90 bits per heavy atom. The van der Waals surface area contributed by atoms with Gasteiger partial charge >= 0.3 is 0 Å². The predicted octanol–water partition coefficient (Wildman–Crippen LogP) is 4.17. The van der Waals surface area contributed by atoms with E-state index >= 15 is 0 Å². The van der Waals surface area contributed by atoms with Crippen LogP contribution in [0.1, 0.15) is 0 Å². The summed E-state index contributed by atoms with van der Waals surface area (Å²) in [5.74, 6) is 0.302. The third kappa shape index (κ3) is 5.14. The summed E-state index contributed by atoms with van der Waals surface area (Å²) in [4.78, 5) is 16.7. The summed E-state index contributed by atoms with van der Waals surface area (Å²) in [5.41, 5.74) is 1.41. The lowest BCUT2D eigenvalue weighted by molar-refractivity contribution is -0.112. The highest BCUT2D eigenvalue weighted by Gasteiger charge is 2.20. The Hall–Kier alpha value is -2.88. The SMILES string of the molecule is COc1ccccc1N1CCN(/C=C(/C#N)C(=O)Nc2cc(Cl)ccc2Cl)CC1. The Labute approximate surface area is 179 Å². The molecule has 0 unspecified atom stereocenters. The van der Waals surface area contributed by atoms with E-state index in [9.17, 15) is 10.1 Å². The number of amides is 1. The number of rotatable bonds is 5. The van der Waals surface area contributed by atoms with Gasteiger partial charge in [-0.05, 0) is 30.3 Å². The number of halogens is 2. The zero-order valence-corrected chi connectivity index (χ0v) is 17.4.